The van der Waals surface area contributed by atoms with E-state index in [9.17, 15) is 14.4 Å². The first-order valence-corrected chi connectivity index (χ1v) is 13.2. The summed E-state index contributed by atoms with van der Waals surface area (Å²) in [6.45, 7) is 11.8. The molecule has 0 saturated heterocycles. The number of amides is 1. The van der Waals surface area contributed by atoms with Crippen molar-refractivity contribution in [2.24, 2.45) is 0 Å². The van der Waals surface area contributed by atoms with E-state index in [0.717, 1.165) is 68.9 Å². The van der Waals surface area contributed by atoms with Crippen molar-refractivity contribution in [2.75, 3.05) is 38.2 Å². The van der Waals surface area contributed by atoms with Crippen LogP contribution in [0.15, 0.2) is 42.5 Å². The lowest BCUT2D eigenvalue weighted by Crippen LogP contribution is -2.30. The number of benzene rings is 2. The van der Waals surface area contributed by atoms with Crippen molar-refractivity contribution in [1.82, 2.24) is 4.90 Å². The third kappa shape index (κ3) is 7.94. The molecule has 0 bridgehead atoms. The second-order valence-electron chi connectivity index (χ2n) is 9.42. The number of nitrogens with zero attached hydrogens (tertiary/aromatic N) is 2. The fraction of sp³-hybridized carbons (Fsp3) is 0.500. The minimum Gasteiger partial charge on any atom is -0.460 e. The average Bonchev–Trinajstić information content (AvgIpc) is 2.88. The topological polar surface area (TPSA) is 66.9 Å². The van der Waals surface area contributed by atoms with Crippen LogP contribution < -0.4 is 4.90 Å². The molecule has 36 heavy (non-hydrogen) atoms. The number of anilines is 1. The first kappa shape index (κ1) is 29.1. The van der Waals surface area contributed by atoms with Crippen LogP contribution in [0.5, 0.6) is 0 Å². The summed E-state index contributed by atoms with van der Waals surface area (Å²) in [7, 11) is 1.82. The molecule has 0 aliphatic rings. The molecule has 0 aromatic heterocycles. The van der Waals surface area contributed by atoms with E-state index in [4.69, 9.17) is 4.74 Å². The van der Waals surface area contributed by atoms with Crippen LogP contribution in [0.1, 0.15) is 86.4 Å². The van der Waals surface area contributed by atoms with Crippen LogP contribution in [0.25, 0.3) is 10.8 Å². The minimum absolute atomic E-state index is 0.0785. The summed E-state index contributed by atoms with van der Waals surface area (Å²) in [4.78, 5) is 41.3. The SMILES string of the molecule is C=C(C)C(=O)OCCN(CCCCC)c1ccc(C(=O)N(C)CCCCCC)c2c(C=O)cccc12. The molecule has 0 N–H and O–H groups in total. The van der Waals surface area contributed by atoms with E-state index in [1.165, 1.54) is 0 Å². The molecule has 6 nitrogen and oxygen atoms in total. The van der Waals surface area contributed by atoms with Gasteiger partial charge in [0.25, 0.3) is 5.91 Å². The lowest BCUT2D eigenvalue weighted by molar-refractivity contribution is -0.138. The Morgan fingerprint density at radius 1 is 0.944 bits per heavy atom. The Kier molecular flexibility index (Phi) is 12.2. The van der Waals surface area contributed by atoms with Gasteiger partial charge in [-0.1, -0.05) is 70.7 Å². The summed E-state index contributed by atoms with van der Waals surface area (Å²) in [5, 5.41) is 1.53. The molecule has 6 heteroatoms. The molecular formula is C30H42N2O4. The maximum absolute atomic E-state index is 13.4. The molecular weight excluding hydrogens is 452 g/mol. The van der Waals surface area contributed by atoms with Gasteiger partial charge in [0.2, 0.25) is 0 Å². The Morgan fingerprint density at radius 3 is 2.31 bits per heavy atom. The molecule has 2 aromatic carbocycles. The Balaban J connectivity index is 2.42. The average molecular weight is 495 g/mol. The second-order valence-corrected chi connectivity index (χ2v) is 9.42. The number of esters is 1. The van der Waals surface area contributed by atoms with Gasteiger partial charge in [-0.2, -0.15) is 0 Å². The largest absolute Gasteiger partial charge is 0.460 e. The van der Waals surface area contributed by atoms with Gasteiger partial charge in [-0.25, -0.2) is 4.79 Å². The van der Waals surface area contributed by atoms with Crippen molar-refractivity contribution in [3.63, 3.8) is 0 Å². The first-order valence-electron chi connectivity index (χ1n) is 13.2. The number of carbonyl (C=O) groups is 3. The molecule has 0 heterocycles. The number of ether oxygens (including phenoxy) is 1. The molecule has 0 unspecified atom stereocenters. The van der Waals surface area contributed by atoms with E-state index in [2.05, 4.69) is 25.3 Å². The van der Waals surface area contributed by atoms with Crippen molar-refractivity contribution in [3.8, 4) is 0 Å². The van der Waals surface area contributed by atoms with Crippen molar-refractivity contribution in [1.29, 1.82) is 0 Å². The Bertz CT molecular complexity index is 1050. The highest BCUT2D eigenvalue weighted by molar-refractivity contribution is 6.15. The summed E-state index contributed by atoms with van der Waals surface area (Å²) in [5.41, 5.74) is 2.34. The van der Waals surface area contributed by atoms with E-state index < -0.39 is 5.97 Å². The van der Waals surface area contributed by atoms with E-state index in [-0.39, 0.29) is 12.5 Å². The zero-order chi connectivity index (χ0) is 26.5. The third-order valence-electron chi connectivity index (χ3n) is 6.42. The quantitative estimate of drug-likeness (QED) is 0.117. The second kappa shape index (κ2) is 15.1. The molecule has 2 aromatic rings. The highest BCUT2D eigenvalue weighted by Gasteiger charge is 2.21. The van der Waals surface area contributed by atoms with Gasteiger partial charge in [0.15, 0.2) is 6.29 Å². The van der Waals surface area contributed by atoms with Crippen LogP contribution >= 0.6 is 0 Å². The number of hydrogen-bond acceptors (Lipinski definition) is 5. The van der Waals surface area contributed by atoms with Crippen LogP contribution in [0.2, 0.25) is 0 Å². The number of fused-ring (bicyclic) bond motifs is 1. The maximum Gasteiger partial charge on any atom is 0.333 e. The zero-order valence-electron chi connectivity index (χ0n) is 22.5. The highest BCUT2D eigenvalue weighted by Crippen LogP contribution is 2.32. The normalized spacial score (nSPS) is 10.8. The summed E-state index contributed by atoms with van der Waals surface area (Å²) in [6.07, 6.45) is 8.33. The monoisotopic (exact) mass is 494 g/mol. The highest BCUT2D eigenvalue weighted by atomic mass is 16.5. The number of unbranched alkanes of at least 4 members (excludes halogenated alkanes) is 5. The van der Waals surface area contributed by atoms with Crippen LogP contribution in [-0.2, 0) is 9.53 Å². The molecule has 0 saturated carbocycles. The molecule has 2 rings (SSSR count). The van der Waals surface area contributed by atoms with Gasteiger partial charge >= 0.3 is 5.97 Å². The van der Waals surface area contributed by atoms with Gasteiger partial charge in [-0.05, 0) is 31.9 Å². The molecule has 0 radical (unpaired) electrons. The lowest BCUT2D eigenvalue weighted by atomic mass is 9.96. The molecule has 0 aliphatic carbocycles. The summed E-state index contributed by atoms with van der Waals surface area (Å²) in [6, 6.07) is 9.36. The Labute approximate surface area is 216 Å². The summed E-state index contributed by atoms with van der Waals surface area (Å²) in [5.74, 6) is -0.482. The van der Waals surface area contributed by atoms with Crippen molar-refractivity contribution in [3.05, 3.63) is 53.6 Å². The molecule has 1 amide bonds. The van der Waals surface area contributed by atoms with E-state index >= 15 is 0 Å². The first-order chi connectivity index (χ1) is 17.3. The molecule has 0 atom stereocenters. The summed E-state index contributed by atoms with van der Waals surface area (Å²) >= 11 is 0. The number of carbonyl (C=O) groups excluding carboxylic acids is 3. The van der Waals surface area contributed by atoms with Gasteiger partial charge in [-0.3, -0.25) is 9.59 Å². The fourth-order valence-electron chi connectivity index (χ4n) is 4.33. The Hall–Kier alpha value is -3.15. The van der Waals surface area contributed by atoms with Crippen molar-refractivity contribution < 1.29 is 19.1 Å². The lowest BCUT2D eigenvalue weighted by Gasteiger charge is -2.27. The predicted octanol–water partition coefficient (Wildman–Crippen LogP) is 6.42. The van der Waals surface area contributed by atoms with E-state index in [1.54, 1.807) is 17.9 Å². The molecule has 0 fully saturated rings. The zero-order valence-corrected chi connectivity index (χ0v) is 22.5. The number of rotatable bonds is 16. The maximum atomic E-state index is 13.4. The van der Waals surface area contributed by atoms with E-state index in [1.807, 2.05) is 31.3 Å². The Morgan fingerprint density at radius 2 is 1.64 bits per heavy atom. The van der Waals surface area contributed by atoms with Crippen LogP contribution in [0.4, 0.5) is 5.69 Å². The van der Waals surface area contributed by atoms with E-state index in [0.29, 0.717) is 35.2 Å². The standard InChI is InChI=1S/C30H42N2O4/c1-6-8-10-12-18-31(5)29(34)26-16-17-27(25-15-13-14-24(22-33)28(25)26)32(19-11-9-7-2)20-21-36-30(35)23(3)4/h13-17,22H,3,6-12,18-21H2,1-2,4-5H3. The van der Waals surface area contributed by atoms with Gasteiger partial charge < -0.3 is 14.5 Å². The van der Waals surface area contributed by atoms with Crippen molar-refractivity contribution >= 4 is 34.6 Å². The van der Waals surface area contributed by atoms with Gasteiger partial charge in [0, 0.05) is 53.3 Å². The van der Waals surface area contributed by atoms with Crippen LogP contribution in [0.3, 0.4) is 0 Å². The smallest absolute Gasteiger partial charge is 0.333 e. The molecule has 0 spiro atoms. The molecule has 196 valence electrons. The number of aldehydes is 1. The third-order valence-corrected chi connectivity index (χ3v) is 6.42. The predicted molar refractivity (Wildman–Crippen MR) is 148 cm³/mol. The van der Waals surface area contributed by atoms with Crippen LogP contribution in [0, 0.1) is 0 Å². The minimum atomic E-state index is -0.403. The van der Waals surface area contributed by atoms with Gasteiger partial charge in [0.05, 0.1) is 6.54 Å². The number of hydrogen-bond donors (Lipinski definition) is 0. The van der Waals surface area contributed by atoms with Gasteiger partial charge in [-0.15, -0.1) is 0 Å². The molecule has 0 aliphatic heterocycles. The summed E-state index contributed by atoms with van der Waals surface area (Å²) < 4.78 is 5.37. The van der Waals surface area contributed by atoms with Crippen LogP contribution in [-0.4, -0.2) is 56.4 Å². The van der Waals surface area contributed by atoms with Gasteiger partial charge in [0.1, 0.15) is 6.61 Å². The van der Waals surface area contributed by atoms with Crippen molar-refractivity contribution in [2.45, 2.75) is 65.7 Å². The fourth-order valence-corrected chi connectivity index (χ4v) is 4.33.